The van der Waals surface area contributed by atoms with E-state index in [0.717, 1.165) is 25.7 Å². The second kappa shape index (κ2) is 10.4. The van der Waals surface area contributed by atoms with E-state index in [1.807, 2.05) is 0 Å². The van der Waals surface area contributed by atoms with Crippen LogP contribution in [0.25, 0.3) is 6.08 Å². The molecule has 1 saturated carbocycles. The standard InChI is InChI=1S/C20H26N2O5/c1-27-20(24)14-15-21(17-6-4-2-3-5-7-17)19(23)13-10-16-8-11-18(12-9-16)22(25)26/h8-13,17H,2-7,14-15H2,1H3/b13-10+. The normalized spacial score (nSPS) is 15.3. The first-order valence-electron chi connectivity index (χ1n) is 9.31. The van der Waals surface area contributed by atoms with Gasteiger partial charge in [-0.3, -0.25) is 19.7 Å². The van der Waals surface area contributed by atoms with Gasteiger partial charge >= 0.3 is 5.97 Å². The summed E-state index contributed by atoms with van der Waals surface area (Å²) in [6.45, 7) is 0.334. The summed E-state index contributed by atoms with van der Waals surface area (Å²) in [4.78, 5) is 36.3. The van der Waals surface area contributed by atoms with Gasteiger partial charge in [0.2, 0.25) is 5.91 Å². The van der Waals surface area contributed by atoms with Crippen molar-refractivity contribution in [2.75, 3.05) is 13.7 Å². The van der Waals surface area contributed by atoms with Crippen molar-refractivity contribution in [3.8, 4) is 0 Å². The first kappa shape index (κ1) is 20.6. The number of methoxy groups -OCH3 is 1. The average molecular weight is 374 g/mol. The van der Waals surface area contributed by atoms with E-state index in [9.17, 15) is 19.7 Å². The van der Waals surface area contributed by atoms with Crippen LogP contribution in [0.4, 0.5) is 5.69 Å². The Balaban J connectivity index is 2.08. The zero-order chi connectivity index (χ0) is 19.6. The van der Waals surface area contributed by atoms with Crippen LogP contribution in [-0.4, -0.2) is 41.4 Å². The number of nitro groups is 1. The van der Waals surface area contributed by atoms with Crippen LogP contribution in [0.1, 0.15) is 50.5 Å². The van der Waals surface area contributed by atoms with E-state index in [0.29, 0.717) is 12.1 Å². The van der Waals surface area contributed by atoms with Gasteiger partial charge in [-0.25, -0.2) is 0 Å². The number of carbonyl (C=O) groups excluding carboxylic acids is 2. The quantitative estimate of drug-likeness (QED) is 0.238. The lowest BCUT2D eigenvalue weighted by molar-refractivity contribution is -0.384. The minimum absolute atomic E-state index is 0.0108. The maximum atomic E-state index is 12.8. The number of carbonyl (C=O) groups is 2. The number of benzene rings is 1. The third-order valence-electron chi connectivity index (χ3n) is 4.86. The first-order valence-corrected chi connectivity index (χ1v) is 9.31. The predicted molar refractivity (Wildman–Crippen MR) is 102 cm³/mol. The van der Waals surface area contributed by atoms with Gasteiger partial charge in [0.1, 0.15) is 0 Å². The summed E-state index contributed by atoms with van der Waals surface area (Å²) in [6, 6.07) is 6.15. The summed E-state index contributed by atoms with van der Waals surface area (Å²) in [5.41, 5.74) is 0.722. The Labute approximate surface area is 159 Å². The van der Waals surface area contributed by atoms with Crippen LogP contribution < -0.4 is 0 Å². The molecule has 1 aliphatic carbocycles. The fraction of sp³-hybridized carbons (Fsp3) is 0.500. The number of amides is 1. The van der Waals surface area contributed by atoms with E-state index in [4.69, 9.17) is 4.74 Å². The van der Waals surface area contributed by atoms with Crippen LogP contribution in [0.15, 0.2) is 30.3 Å². The molecule has 1 aromatic carbocycles. The number of hydrogen-bond donors (Lipinski definition) is 0. The molecule has 7 heteroatoms. The molecule has 1 aromatic rings. The lowest BCUT2D eigenvalue weighted by Gasteiger charge is -2.30. The van der Waals surface area contributed by atoms with E-state index >= 15 is 0 Å². The second-order valence-electron chi connectivity index (χ2n) is 6.69. The second-order valence-corrected chi connectivity index (χ2v) is 6.69. The summed E-state index contributed by atoms with van der Waals surface area (Å²) in [6.07, 6.45) is 9.69. The third-order valence-corrected chi connectivity index (χ3v) is 4.86. The van der Waals surface area contributed by atoms with Gasteiger partial charge in [0.05, 0.1) is 18.5 Å². The van der Waals surface area contributed by atoms with E-state index in [1.54, 1.807) is 23.1 Å². The molecule has 1 aliphatic rings. The van der Waals surface area contributed by atoms with Crippen molar-refractivity contribution in [2.24, 2.45) is 0 Å². The summed E-state index contributed by atoms with van der Waals surface area (Å²) in [5, 5.41) is 10.7. The Bertz CT molecular complexity index is 676. The molecule has 1 fully saturated rings. The maximum absolute atomic E-state index is 12.8. The molecule has 0 radical (unpaired) electrons. The molecule has 0 saturated heterocycles. The molecule has 0 atom stereocenters. The van der Waals surface area contributed by atoms with Crippen molar-refractivity contribution in [3.05, 3.63) is 46.0 Å². The maximum Gasteiger partial charge on any atom is 0.307 e. The SMILES string of the molecule is COC(=O)CCN(C(=O)/C=C/c1ccc([N+](=O)[O-])cc1)C1CCCCCC1. The van der Waals surface area contributed by atoms with Gasteiger partial charge in [0.25, 0.3) is 5.69 Å². The number of nitrogens with zero attached hydrogens (tertiary/aromatic N) is 2. The molecule has 0 bridgehead atoms. The summed E-state index contributed by atoms with van der Waals surface area (Å²) < 4.78 is 4.70. The number of hydrogen-bond acceptors (Lipinski definition) is 5. The Morgan fingerprint density at radius 3 is 2.37 bits per heavy atom. The van der Waals surface area contributed by atoms with Gasteiger partial charge in [0.15, 0.2) is 0 Å². The van der Waals surface area contributed by atoms with Crippen molar-refractivity contribution in [1.82, 2.24) is 4.90 Å². The largest absolute Gasteiger partial charge is 0.469 e. The van der Waals surface area contributed by atoms with Crippen LogP contribution >= 0.6 is 0 Å². The number of rotatable bonds is 7. The first-order chi connectivity index (χ1) is 13.0. The molecule has 146 valence electrons. The Morgan fingerprint density at radius 1 is 1.19 bits per heavy atom. The molecule has 0 heterocycles. The highest BCUT2D eigenvalue weighted by atomic mass is 16.6. The number of esters is 1. The number of non-ortho nitro benzene ring substituents is 1. The van der Waals surface area contributed by atoms with Gasteiger partial charge in [-0.05, 0) is 36.6 Å². The number of ether oxygens (including phenoxy) is 1. The molecule has 0 unspecified atom stereocenters. The molecule has 27 heavy (non-hydrogen) atoms. The molecular weight excluding hydrogens is 348 g/mol. The topological polar surface area (TPSA) is 89.8 Å². The van der Waals surface area contributed by atoms with Gasteiger partial charge < -0.3 is 9.64 Å². The highest BCUT2D eigenvalue weighted by Gasteiger charge is 2.24. The summed E-state index contributed by atoms with van der Waals surface area (Å²) in [5.74, 6) is -0.482. The van der Waals surface area contributed by atoms with Crippen LogP contribution in [-0.2, 0) is 14.3 Å². The van der Waals surface area contributed by atoms with Crippen LogP contribution in [0.2, 0.25) is 0 Å². The van der Waals surface area contributed by atoms with Gasteiger partial charge in [-0.1, -0.05) is 25.7 Å². The third kappa shape index (κ3) is 6.51. The van der Waals surface area contributed by atoms with Gasteiger partial charge in [-0.2, -0.15) is 0 Å². The summed E-state index contributed by atoms with van der Waals surface area (Å²) in [7, 11) is 1.34. The fourth-order valence-electron chi connectivity index (χ4n) is 3.33. The molecule has 7 nitrogen and oxygen atoms in total. The fourth-order valence-corrected chi connectivity index (χ4v) is 3.33. The van der Waals surface area contributed by atoms with E-state index in [-0.39, 0.29) is 30.0 Å². The summed E-state index contributed by atoms with van der Waals surface area (Å²) >= 11 is 0. The van der Waals surface area contributed by atoms with Crippen LogP contribution in [0.3, 0.4) is 0 Å². The van der Waals surface area contributed by atoms with Crippen LogP contribution in [0.5, 0.6) is 0 Å². The molecular formula is C20H26N2O5. The lowest BCUT2D eigenvalue weighted by atomic mass is 10.1. The van der Waals surface area contributed by atoms with Crippen molar-refractivity contribution >= 4 is 23.6 Å². The lowest BCUT2D eigenvalue weighted by Crippen LogP contribution is -2.40. The van der Waals surface area contributed by atoms with Crippen molar-refractivity contribution in [3.63, 3.8) is 0 Å². The Morgan fingerprint density at radius 2 is 1.81 bits per heavy atom. The molecule has 0 spiro atoms. The van der Waals surface area contributed by atoms with Crippen molar-refractivity contribution in [2.45, 2.75) is 51.0 Å². The van der Waals surface area contributed by atoms with E-state index < -0.39 is 4.92 Å². The molecule has 0 N–H and O–H groups in total. The highest BCUT2D eigenvalue weighted by Crippen LogP contribution is 2.23. The van der Waals surface area contributed by atoms with Crippen molar-refractivity contribution < 1.29 is 19.2 Å². The zero-order valence-corrected chi connectivity index (χ0v) is 15.6. The zero-order valence-electron chi connectivity index (χ0n) is 15.6. The van der Waals surface area contributed by atoms with E-state index in [1.165, 1.54) is 38.2 Å². The Hall–Kier alpha value is -2.70. The monoisotopic (exact) mass is 374 g/mol. The highest BCUT2D eigenvalue weighted by molar-refractivity contribution is 5.92. The minimum atomic E-state index is -0.459. The van der Waals surface area contributed by atoms with Crippen molar-refractivity contribution in [1.29, 1.82) is 0 Å². The van der Waals surface area contributed by atoms with Crippen LogP contribution in [0, 0.1) is 10.1 Å². The average Bonchev–Trinajstić information content (AvgIpc) is 2.96. The molecule has 0 aliphatic heterocycles. The van der Waals surface area contributed by atoms with Gasteiger partial charge in [0, 0.05) is 30.8 Å². The Kier molecular flexibility index (Phi) is 7.98. The minimum Gasteiger partial charge on any atom is -0.469 e. The number of nitro benzene ring substituents is 1. The van der Waals surface area contributed by atoms with Gasteiger partial charge in [-0.15, -0.1) is 0 Å². The predicted octanol–water partition coefficient (Wildman–Crippen LogP) is 3.72. The molecule has 1 amide bonds. The molecule has 2 rings (SSSR count). The van der Waals surface area contributed by atoms with E-state index in [2.05, 4.69) is 0 Å². The molecule has 0 aromatic heterocycles. The smallest absolute Gasteiger partial charge is 0.307 e.